The Hall–Kier alpha value is -0.610. The molecule has 1 unspecified atom stereocenters. The minimum absolute atomic E-state index is 0. The van der Waals surface area contributed by atoms with Crippen molar-refractivity contribution in [3.63, 3.8) is 0 Å². The lowest BCUT2D eigenvalue weighted by atomic mass is 10.1. The summed E-state index contributed by atoms with van der Waals surface area (Å²) in [6.07, 6.45) is 0. The highest BCUT2D eigenvalue weighted by atomic mass is 35.5. The standard InChI is InChI=1S/C14H23N3.ClH/c1-13-11-16(9-10-17(13)8-7-15)12-14-5-3-2-4-6-14;/h2-6,13H,7-12,15H2,1H3;1H. The van der Waals surface area contributed by atoms with Gasteiger partial charge in [0.05, 0.1) is 0 Å². The first-order valence-corrected chi connectivity index (χ1v) is 6.50. The van der Waals surface area contributed by atoms with E-state index >= 15 is 0 Å². The molecular formula is C14H24ClN3. The second-order valence-electron chi connectivity index (χ2n) is 4.89. The van der Waals surface area contributed by atoms with Crippen LogP contribution in [0.4, 0.5) is 0 Å². The normalized spacial score (nSPS) is 21.6. The molecule has 1 atom stereocenters. The largest absolute Gasteiger partial charge is 0.329 e. The van der Waals surface area contributed by atoms with Gasteiger partial charge >= 0.3 is 0 Å². The van der Waals surface area contributed by atoms with Crippen molar-refractivity contribution in [3.8, 4) is 0 Å². The van der Waals surface area contributed by atoms with E-state index < -0.39 is 0 Å². The molecule has 2 N–H and O–H groups in total. The first-order valence-electron chi connectivity index (χ1n) is 6.50. The Morgan fingerprint density at radius 1 is 1.22 bits per heavy atom. The Balaban J connectivity index is 0.00000162. The van der Waals surface area contributed by atoms with E-state index in [2.05, 4.69) is 47.1 Å². The van der Waals surface area contributed by atoms with Gasteiger partial charge in [-0.1, -0.05) is 30.3 Å². The Morgan fingerprint density at radius 2 is 1.94 bits per heavy atom. The molecule has 0 radical (unpaired) electrons. The molecule has 102 valence electrons. The van der Waals surface area contributed by atoms with Crippen LogP contribution in [-0.2, 0) is 6.54 Å². The van der Waals surface area contributed by atoms with Crippen LogP contribution in [0.15, 0.2) is 30.3 Å². The predicted octanol–water partition coefficient (Wildman–Crippen LogP) is 1.57. The molecule has 1 aliphatic rings. The summed E-state index contributed by atoms with van der Waals surface area (Å²) in [5.41, 5.74) is 7.03. The van der Waals surface area contributed by atoms with Gasteiger partial charge in [-0.25, -0.2) is 0 Å². The van der Waals surface area contributed by atoms with Crippen LogP contribution in [0, 0.1) is 0 Å². The quantitative estimate of drug-likeness (QED) is 0.901. The number of rotatable bonds is 4. The van der Waals surface area contributed by atoms with Crippen LogP contribution < -0.4 is 5.73 Å². The molecule has 0 aromatic heterocycles. The molecule has 2 rings (SSSR count). The lowest BCUT2D eigenvalue weighted by Gasteiger charge is -2.39. The zero-order valence-electron chi connectivity index (χ0n) is 11.1. The zero-order chi connectivity index (χ0) is 12.1. The minimum Gasteiger partial charge on any atom is -0.329 e. The van der Waals surface area contributed by atoms with E-state index in [0.29, 0.717) is 6.04 Å². The topological polar surface area (TPSA) is 32.5 Å². The van der Waals surface area contributed by atoms with Crippen molar-refractivity contribution in [2.45, 2.75) is 19.5 Å². The van der Waals surface area contributed by atoms with Crippen molar-refractivity contribution in [2.75, 3.05) is 32.7 Å². The average molecular weight is 270 g/mol. The van der Waals surface area contributed by atoms with Crippen LogP contribution in [0.2, 0.25) is 0 Å². The second-order valence-corrected chi connectivity index (χ2v) is 4.89. The van der Waals surface area contributed by atoms with Gasteiger partial charge in [-0.15, -0.1) is 12.4 Å². The molecule has 1 aromatic rings. The summed E-state index contributed by atoms with van der Waals surface area (Å²) < 4.78 is 0. The molecule has 1 aromatic carbocycles. The van der Waals surface area contributed by atoms with Crippen molar-refractivity contribution in [3.05, 3.63) is 35.9 Å². The maximum atomic E-state index is 5.62. The zero-order valence-corrected chi connectivity index (χ0v) is 11.9. The van der Waals surface area contributed by atoms with Crippen LogP contribution >= 0.6 is 12.4 Å². The first kappa shape index (κ1) is 15.4. The number of hydrogen-bond acceptors (Lipinski definition) is 3. The monoisotopic (exact) mass is 269 g/mol. The van der Waals surface area contributed by atoms with Crippen molar-refractivity contribution in [1.29, 1.82) is 0 Å². The third-order valence-electron chi connectivity index (χ3n) is 3.51. The molecule has 0 aliphatic carbocycles. The van der Waals surface area contributed by atoms with Gasteiger partial charge in [0.2, 0.25) is 0 Å². The van der Waals surface area contributed by atoms with Crippen molar-refractivity contribution in [1.82, 2.24) is 9.80 Å². The highest BCUT2D eigenvalue weighted by Gasteiger charge is 2.22. The van der Waals surface area contributed by atoms with Gasteiger partial charge in [0.1, 0.15) is 0 Å². The summed E-state index contributed by atoms with van der Waals surface area (Å²) in [5.74, 6) is 0. The Kier molecular flexibility index (Phi) is 6.65. The lowest BCUT2D eigenvalue weighted by Crippen LogP contribution is -2.52. The summed E-state index contributed by atoms with van der Waals surface area (Å²) in [7, 11) is 0. The third kappa shape index (κ3) is 4.25. The molecule has 0 spiro atoms. The minimum atomic E-state index is 0. The van der Waals surface area contributed by atoms with E-state index in [1.165, 1.54) is 5.56 Å². The SMILES string of the molecule is CC1CN(Cc2ccccc2)CCN1CCN.Cl. The summed E-state index contributed by atoms with van der Waals surface area (Å²) in [4.78, 5) is 5.02. The van der Waals surface area contributed by atoms with E-state index in [1.54, 1.807) is 0 Å². The number of benzene rings is 1. The third-order valence-corrected chi connectivity index (χ3v) is 3.51. The van der Waals surface area contributed by atoms with Crippen molar-refractivity contribution >= 4 is 12.4 Å². The van der Waals surface area contributed by atoms with E-state index in [-0.39, 0.29) is 12.4 Å². The maximum absolute atomic E-state index is 5.62. The lowest BCUT2D eigenvalue weighted by molar-refractivity contribution is 0.0815. The predicted molar refractivity (Wildman–Crippen MR) is 79.1 cm³/mol. The number of piperazine rings is 1. The van der Waals surface area contributed by atoms with E-state index in [0.717, 1.165) is 39.3 Å². The molecule has 1 fully saturated rings. The molecule has 0 amide bonds. The Morgan fingerprint density at radius 3 is 2.56 bits per heavy atom. The van der Waals surface area contributed by atoms with Gasteiger partial charge in [0, 0.05) is 45.3 Å². The van der Waals surface area contributed by atoms with Gasteiger partial charge in [-0.2, -0.15) is 0 Å². The van der Waals surface area contributed by atoms with Gasteiger partial charge in [0.15, 0.2) is 0 Å². The summed E-state index contributed by atoms with van der Waals surface area (Å²) >= 11 is 0. The highest BCUT2D eigenvalue weighted by Crippen LogP contribution is 2.12. The number of nitrogens with two attached hydrogens (primary N) is 1. The molecule has 1 saturated heterocycles. The van der Waals surface area contributed by atoms with Crippen LogP contribution in [0.1, 0.15) is 12.5 Å². The molecule has 1 aliphatic heterocycles. The van der Waals surface area contributed by atoms with E-state index in [9.17, 15) is 0 Å². The summed E-state index contributed by atoms with van der Waals surface area (Å²) in [6, 6.07) is 11.3. The number of hydrogen-bond donors (Lipinski definition) is 1. The molecule has 18 heavy (non-hydrogen) atoms. The Labute approximate surface area is 116 Å². The molecule has 1 heterocycles. The summed E-state index contributed by atoms with van der Waals surface area (Å²) in [6.45, 7) is 8.61. The highest BCUT2D eigenvalue weighted by molar-refractivity contribution is 5.85. The van der Waals surface area contributed by atoms with Gasteiger partial charge in [-0.3, -0.25) is 9.80 Å². The molecule has 0 bridgehead atoms. The average Bonchev–Trinajstić information content (AvgIpc) is 2.34. The smallest absolute Gasteiger partial charge is 0.0234 e. The fraction of sp³-hybridized carbons (Fsp3) is 0.571. The van der Waals surface area contributed by atoms with Gasteiger partial charge < -0.3 is 5.73 Å². The van der Waals surface area contributed by atoms with Crippen molar-refractivity contribution in [2.24, 2.45) is 5.73 Å². The van der Waals surface area contributed by atoms with E-state index in [4.69, 9.17) is 5.73 Å². The fourth-order valence-corrected chi connectivity index (χ4v) is 2.55. The Bertz CT molecular complexity index is 331. The fourth-order valence-electron chi connectivity index (χ4n) is 2.55. The second kappa shape index (κ2) is 7.74. The van der Waals surface area contributed by atoms with Gasteiger partial charge in [-0.05, 0) is 12.5 Å². The van der Waals surface area contributed by atoms with Gasteiger partial charge in [0.25, 0.3) is 0 Å². The van der Waals surface area contributed by atoms with Crippen LogP contribution in [0.25, 0.3) is 0 Å². The number of nitrogens with zero attached hydrogens (tertiary/aromatic N) is 2. The molecule has 4 heteroatoms. The molecular weight excluding hydrogens is 246 g/mol. The van der Waals surface area contributed by atoms with Crippen LogP contribution in [0.5, 0.6) is 0 Å². The first-order chi connectivity index (χ1) is 8.29. The molecule has 3 nitrogen and oxygen atoms in total. The van der Waals surface area contributed by atoms with Crippen LogP contribution in [0.3, 0.4) is 0 Å². The van der Waals surface area contributed by atoms with Crippen molar-refractivity contribution < 1.29 is 0 Å². The molecule has 0 saturated carbocycles. The van der Waals surface area contributed by atoms with E-state index in [1.807, 2.05) is 0 Å². The number of halogens is 1. The maximum Gasteiger partial charge on any atom is 0.0234 e. The van der Waals surface area contributed by atoms with Crippen LogP contribution in [-0.4, -0.2) is 48.6 Å². The summed E-state index contributed by atoms with van der Waals surface area (Å²) in [5, 5.41) is 0.